The molecular formula is C23H30F4. The minimum atomic E-state index is -4.24. The van der Waals surface area contributed by atoms with E-state index < -0.39 is 11.7 Å². The van der Waals surface area contributed by atoms with Crippen molar-refractivity contribution in [3.05, 3.63) is 71.0 Å². The lowest BCUT2D eigenvalue weighted by molar-refractivity contribution is -0.137. The van der Waals surface area contributed by atoms with E-state index in [-0.39, 0.29) is 16.6 Å². The smallest absolute Gasteiger partial charge is 0.207 e. The molecule has 0 aliphatic rings. The van der Waals surface area contributed by atoms with Crippen LogP contribution in [0.25, 0.3) is 0 Å². The Balaban J connectivity index is 0.000000277. The van der Waals surface area contributed by atoms with Crippen LogP contribution >= 0.6 is 0 Å². The first-order chi connectivity index (χ1) is 12.2. The van der Waals surface area contributed by atoms with Gasteiger partial charge in [0.15, 0.2) is 0 Å². The Morgan fingerprint density at radius 2 is 0.926 bits per heavy atom. The van der Waals surface area contributed by atoms with Gasteiger partial charge in [-0.1, -0.05) is 65.8 Å². The Morgan fingerprint density at radius 3 is 1.22 bits per heavy atom. The van der Waals surface area contributed by atoms with Crippen molar-refractivity contribution in [1.82, 2.24) is 0 Å². The third-order valence-corrected chi connectivity index (χ3v) is 3.66. The normalized spacial score (nSPS) is 12.4. The molecule has 0 N–H and O–H groups in total. The second-order valence-corrected chi connectivity index (χ2v) is 9.30. The lowest BCUT2D eigenvalue weighted by Crippen LogP contribution is -2.10. The Hall–Kier alpha value is -1.84. The molecule has 4 heteroatoms. The fourth-order valence-electron chi connectivity index (χ4n) is 2.64. The summed E-state index contributed by atoms with van der Waals surface area (Å²) in [5, 5.41) is 0. The largest absolute Gasteiger partial charge is 0.416 e. The van der Waals surface area contributed by atoms with E-state index in [9.17, 15) is 17.6 Å². The van der Waals surface area contributed by atoms with Crippen molar-refractivity contribution in [3.8, 4) is 0 Å². The van der Waals surface area contributed by atoms with Crippen molar-refractivity contribution in [3.63, 3.8) is 0 Å². The molecule has 0 atom stereocenters. The molecule has 2 rings (SSSR count). The molecule has 2 aromatic rings. The van der Waals surface area contributed by atoms with Crippen LogP contribution in [-0.4, -0.2) is 0 Å². The molecule has 0 amide bonds. The highest BCUT2D eigenvalue weighted by Gasteiger charge is 2.30. The van der Waals surface area contributed by atoms with Gasteiger partial charge in [-0.05, 0) is 59.1 Å². The molecular weight excluding hydrogens is 352 g/mol. The van der Waals surface area contributed by atoms with Crippen LogP contribution in [0.3, 0.4) is 0 Å². The van der Waals surface area contributed by atoms with Gasteiger partial charge in [0.05, 0.1) is 5.56 Å². The molecule has 2 aromatic carbocycles. The van der Waals surface area contributed by atoms with Crippen molar-refractivity contribution < 1.29 is 17.6 Å². The third kappa shape index (κ3) is 10.2. The van der Waals surface area contributed by atoms with E-state index in [1.54, 1.807) is 12.1 Å². The molecule has 0 radical (unpaired) electrons. The van der Waals surface area contributed by atoms with Gasteiger partial charge in [0.25, 0.3) is 0 Å². The molecule has 0 saturated heterocycles. The molecule has 0 bridgehead atoms. The van der Waals surface area contributed by atoms with Gasteiger partial charge in [-0.15, -0.1) is 0 Å². The summed E-state index contributed by atoms with van der Waals surface area (Å²) in [5.41, 5.74) is 1.93. The molecule has 27 heavy (non-hydrogen) atoms. The van der Waals surface area contributed by atoms with Crippen molar-refractivity contribution in [2.24, 2.45) is 10.8 Å². The van der Waals surface area contributed by atoms with Crippen LogP contribution in [0.1, 0.15) is 58.2 Å². The second-order valence-electron chi connectivity index (χ2n) is 9.30. The van der Waals surface area contributed by atoms with E-state index in [1.165, 1.54) is 17.7 Å². The van der Waals surface area contributed by atoms with Crippen molar-refractivity contribution >= 4 is 0 Å². The van der Waals surface area contributed by atoms with Crippen LogP contribution < -0.4 is 0 Å². The summed E-state index contributed by atoms with van der Waals surface area (Å²) >= 11 is 0. The zero-order valence-electron chi connectivity index (χ0n) is 17.0. The zero-order valence-corrected chi connectivity index (χ0v) is 17.0. The van der Waals surface area contributed by atoms with Gasteiger partial charge in [0, 0.05) is 0 Å². The van der Waals surface area contributed by atoms with Crippen LogP contribution in [0.15, 0.2) is 48.5 Å². The molecule has 0 nitrogen and oxygen atoms in total. The molecule has 0 spiro atoms. The summed E-state index contributed by atoms with van der Waals surface area (Å²) in [5.74, 6) is -0.160. The highest BCUT2D eigenvalue weighted by Crippen LogP contribution is 2.30. The van der Waals surface area contributed by atoms with Crippen LogP contribution in [0, 0.1) is 16.6 Å². The molecule has 0 heterocycles. The van der Waals surface area contributed by atoms with Crippen molar-refractivity contribution in [1.29, 1.82) is 0 Å². The summed E-state index contributed by atoms with van der Waals surface area (Å²) in [7, 11) is 0. The molecule has 0 aromatic heterocycles. The van der Waals surface area contributed by atoms with E-state index in [0.29, 0.717) is 0 Å². The Morgan fingerprint density at radius 1 is 0.593 bits per heavy atom. The molecule has 0 unspecified atom stereocenters. The third-order valence-electron chi connectivity index (χ3n) is 3.66. The highest BCUT2D eigenvalue weighted by atomic mass is 19.4. The Bertz CT molecular complexity index is 682. The van der Waals surface area contributed by atoms with Gasteiger partial charge in [-0.25, -0.2) is 4.39 Å². The molecule has 0 aliphatic heterocycles. The predicted octanol–water partition coefficient (Wildman–Crippen LogP) is 7.71. The standard InChI is InChI=1S/C12H15F3.C11H15F/c1-11(2,3)8-9-4-6-10(7-5-9)12(13,14)15;1-11(2,3)8-9-4-6-10(12)7-5-9/h4-7H,8H2,1-3H3;4-7H,8H2,1-3H3. The molecule has 0 saturated carbocycles. The number of alkyl halides is 3. The first kappa shape index (κ1) is 23.2. The minimum Gasteiger partial charge on any atom is -0.207 e. The van der Waals surface area contributed by atoms with Gasteiger partial charge < -0.3 is 0 Å². The maximum absolute atomic E-state index is 12.5. The van der Waals surface area contributed by atoms with Crippen LogP contribution in [0.2, 0.25) is 0 Å². The lowest BCUT2D eigenvalue weighted by Gasteiger charge is -2.18. The fraction of sp³-hybridized carbons (Fsp3) is 0.478. The van der Waals surface area contributed by atoms with Gasteiger partial charge in [-0.3, -0.25) is 0 Å². The monoisotopic (exact) mass is 382 g/mol. The summed E-state index contributed by atoms with van der Waals surface area (Å²) in [6.45, 7) is 12.7. The first-order valence-electron chi connectivity index (χ1n) is 9.06. The molecule has 0 aliphatic carbocycles. The van der Waals surface area contributed by atoms with E-state index in [1.807, 2.05) is 12.1 Å². The first-order valence-corrected chi connectivity index (χ1v) is 9.06. The topological polar surface area (TPSA) is 0 Å². The number of benzene rings is 2. The van der Waals surface area contributed by atoms with Gasteiger partial charge >= 0.3 is 6.18 Å². The molecule has 150 valence electrons. The van der Waals surface area contributed by atoms with Crippen LogP contribution in [0.4, 0.5) is 17.6 Å². The van der Waals surface area contributed by atoms with Crippen molar-refractivity contribution in [2.45, 2.75) is 60.6 Å². The van der Waals surface area contributed by atoms with E-state index in [4.69, 9.17) is 0 Å². The maximum Gasteiger partial charge on any atom is 0.416 e. The number of halogens is 4. The quantitative estimate of drug-likeness (QED) is 0.467. The Labute approximate surface area is 160 Å². The van der Waals surface area contributed by atoms with Crippen molar-refractivity contribution in [2.75, 3.05) is 0 Å². The maximum atomic E-state index is 12.5. The van der Waals surface area contributed by atoms with Crippen LogP contribution in [0.5, 0.6) is 0 Å². The average Bonchev–Trinajstić information content (AvgIpc) is 2.47. The zero-order chi connectivity index (χ0) is 20.9. The fourth-order valence-corrected chi connectivity index (χ4v) is 2.64. The van der Waals surface area contributed by atoms with Crippen LogP contribution in [-0.2, 0) is 19.0 Å². The van der Waals surface area contributed by atoms with E-state index in [0.717, 1.165) is 30.5 Å². The minimum absolute atomic E-state index is 0.0970. The Kier molecular flexibility index (Phi) is 7.65. The summed E-state index contributed by atoms with van der Waals surface area (Å²) in [4.78, 5) is 0. The summed E-state index contributed by atoms with van der Waals surface area (Å²) in [6, 6.07) is 12.1. The summed E-state index contributed by atoms with van der Waals surface area (Å²) in [6.07, 6.45) is -2.46. The van der Waals surface area contributed by atoms with Gasteiger partial charge in [0.2, 0.25) is 0 Å². The predicted molar refractivity (Wildman–Crippen MR) is 104 cm³/mol. The highest BCUT2D eigenvalue weighted by molar-refractivity contribution is 5.25. The van der Waals surface area contributed by atoms with E-state index in [2.05, 4.69) is 41.5 Å². The lowest BCUT2D eigenvalue weighted by atomic mass is 9.88. The summed E-state index contributed by atoms with van der Waals surface area (Å²) < 4.78 is 49.3. The van der Waals surface area contributed by atoms with Gasteiger partial charge in [0.1, 0.15) is 5.82 Å². The second kappa shape index (κ2) is 8.90. The van der Waals surface area contributed by atoms with E-state index >= 15 is 0 Å². The number of hydrogen-bond donors (Lipinski definition) is 0. The number of rotatable bonds is 2. The number of hydrogen-bond acceptors (Lipinski definition) is 0. The van der Waals surface area contributed by atoms with Gasteiger partial charge in [-0.2, -0.15) is 13.2 Å². The average molecular weight is 382 g/mol. The SMILES string of the molecule is CC(C)(C)Cc1ccc(C(F)(F)F)cc1.CC(C)(C)Cc1ccc(F)cc1. The molecule has 0 fully saturated rings.